The number of phenols is 1. The molecule has 1 saturated heterocycles. The van der Waals surface area contributed by atoms with Gasteiger partial charge < -0.3 is 29.5 Å². The second-order valence-electron chi connectivity index (χ2n) is 7.69. The van der Waals surface area contributed by atoms with Crippen LogP contribution >= 0.6 is 22.6 Å². The van der Waals surface area contributed by atoms with Gasteiger partial charge in [-0.1, -0.05) is 0 Å². The predicted molar refractivity (Wildman–Crippen MR) is 116 cm³/mol. The summed E-state index contributed by atoms with van der Waals surface area (Å²) in [6.45, 7) is 1.30. The van der Waals surface area contributed by atoms with E-state index >= 15 is 0 Å². The van der Waals surface area contributed by atoms with E-state index in [1.807, 2.05) is 0 Å². The maximum absolute atomic E-state index is 14.2. The molecule has 0 bridgehead atoms. The van der Waals surface area contributed by atoms with Gasteiger partial charge >= 0.3 is 24.3 Å². The van der Waals surface area contributed by atoms with Gasteiger partial charge in [-0.3, -0.25) is 9.59 Å². The number of methoxy groups -OCH3 is 1. The number of carbonyl (C=O) groups excluding carboxylic acids is 2. The first-order chi connectivity index (χ1) is 16.4. The molecule has 0 saturated carbocycles. The van der Waals surface area contributed by atoms with Gasteiger partial charge in [0.2, 0.25) is 11.4 Å². The second-order valence-corrected chi connectivity index (χ2v) is 8.85. The Labute approximate surface area is 213 Å². The van der Waals surface area contributed by atoms with E-state index in [-0.39, 0.29) is 3.57 Å². The van der Waals surface area contributed by atoms with Crippen molar-refractivity contribution in [2.24, 2.45) is 11.8 Å². The molecule has 0 radical (unpaired) electrons. The predicted octanol–water partition coefficient (Wildman–Crippen LogP) is 2.55. The van der Waals surface area contributed by atoms with E-state index < -0.39 is 83.8 Å². The highest BCUT2D eigenvalue weighted by Crippen LogP contribution is 2.56. The van der Waals surface area contributed by atoms with Gasteiger partial charge in [0, 0.05) is 5.92 Å². The van der Waals surface area contributed by atoms with Gasteiger partial charge in [-0.2, -0.15) is 26.3 Å². The van der Waals surface area contributed by atoms with Gasteiger partial charge in [-0.25, -0.2) is 5.32 Å². The van der Waals surface area contributed by atoms with Crippen LogP contribution in [0.5, 0.6) is 11.5 Å². The minimum atomic E-state index is -6.00. The Balaban J connectivity index is 3.07. The van der Waals surface area contributed by atoms with Crippen molar-refractivity contribution in [2.45, 2.75) is 43.6 Å². The Morgan fingerprint density at radius 3 is 1.72 bits per heavy atom. The van der Waals surface area contributed by atoms with Crippen molar-refractivity contribution >= 4 is 34.5 Å². The number of phenolic OH excluding ortho intramolecular Hbond substituents is 1. The Bertz CT molecular complexity index is 958. The average molecular weight is 645 g/mol. The minimum absolute atomic E-state index is 0.156. The molecular weight excluding hydrogens is 623 g/mol. The number of benzene rings is 1. The zero-order chi connectivity index (χ0) is 27.9. The molecule has 1 unspecified atom stereocenters. The number of hydrogen-bond donors (Lipinski definition) is 4. The third kappa shape index (κ3) is 5.04. The van der Waals surface area contributed by atoms with Gasteiger partial charge in [0.1, 0.15) is 11.8 Å². The lowest BCUT2D eigenvalue weighted by Crippen LogP contribution is -2.81. The van der Waals surface area contributed by atoms with Crippen LogP contribution in [0.25, 0.3) is 0 Å². The lowest BCUT2D eigenvalue weighted by Gasteiger charge is -2.54. The Hall–Kier alpha value is -2.05. The monoisotopic (exact) mass is 645 g/mol. The number of esters is 2. The highest BCUT2D eigenvalue weighted by molar-refractivity contribution is 14.1. The Kier molecular flexibility index (Phi) is 8.69. The quantitative estimate of drug-likeness (QED) is 0.209. The second kappa shape index (κ2) is 10.4. The minimum Gasteiger partial charge on any atom is -0.504 e. The summed E-state index contributed by atoms with van der Waals surface area (Å²) in [6, 6.07) is 1.65. The first kappa shape index (κ1) is 30.2. The van der Waals surface area contributed by atoms with Crippen LogP contribution in [0.15, 0.2) is 12.1 Å². The fraction of sp³-hybridized carbons (Fsp3) is 0.600. The average Bonchev–Trinajstić information content (AvgIpc) is 2.73. The van der Waals surface area contributed by atoms with Crippen molar-refractivity contribution < 1.29 is 65.5 Å². The van der Waals surface area contributed by atoms with Crippen LogP contribution in [-0.4, -0.2) is 71.4 Å². The fourth-order valence-electron chi connectivity index (χ4n) is 4.08. The van der Waals surface area contributed by atoms with Crippen molar-refractivity contribution in [1.29, 1.82) is 0 Å². The highest BCUT2D eigenvalue weighted by Gasteiger charge is 2.78. The van der Waals surface area contributed by atoms with E-state index in [4.69, 9.17) is 4.74 Å². The van der Waals surface area contributed by atoms with E-state index in [1.165, 1.54) is 36.4 Å². The molecule has 2 rings (SSSR count). The van der Waals surface area contributed by atoms with Gasteiger partial charge in [0.15, 0.2) is 11.5 Å². The van der Waals surface area contributed by atoms with Crippen molar-refractivity contribution in [3.05, 3.63) is 21.3 Å². The molecule has 204 valence electrons. The fourth-order valence-corrected chi connectivity index (χ4v) is 4.70. The van der Waals surface area contributed by atoms with Crippen molar-refractivity contribution in [2.75, 3.05) is 20.3 Å². The molecule has 1 aromatic carbocycles. The molecule has 0 aromatic heterocycles. The van der Waals surface area contributed by atoms with Crippen molar-refractivity contribution in [1.82, 2.24) is 5.32 Å². The van der Waals surface area contributed by atoms with Crippen LogP contribution in [0.3, 0.4) is 0 Å². The molecule has 16 heteroatoms. The summed E-state index contributed by atoms with van der Waals surface area (Å²) < 4.78 is 99.1. The zero-order valence-corrected chi connectivity index (χ0v) is 21.0. The largest absolute Gasteiger partial charge is 0.504 e. The summed E-state index contributed by atoms with van der Waals surface area (Å²) >= 11 is 1.48. The van der Waals surface area contributed by atoms with Gasteiger partial charge in [0.25, 0.3) is 0 Å². The number of aromatic hydroxyl groups is 1. The number of alkyl halides is 6. The molecule has 4 N–H and O–H groups in total. The first-order valence-corrected chi connectivity index (χ1v) is 11.3. The summed E-state index contributed by atoms with van der Waals surface area (Å²) in [5, 5.41) is 32.1. The molecule has 1 fully saturated rings. The van der Waals surface area contributed by atoms with Crippen LogP contribution in [0.1, 0.15) is 25.3 Å². The topological polar surface area (TPSA) is 135 Å². The number of halogens is 7. The maximum Gasteiger partial charge on any atom is 0.432 e. The van der Waals surface area contributed by atoms with Crippen LogP contribution in [0.2, 0.25) is 0 Å². The normalized spacial score (nSPS) is 28.9. The molecule has 1 aliphatic rings. The van der Waals surface area contributed by atoms with Crippen molar-refractivity contribution in [3.8, 4) is 11.5 Å². The molecule has 0 amide bonds. The number of ether oxygens (including phenoxy) is 3. The van der Waals surface area contributed by atoms with E-state index in [0.717, 1.165) is 19.2 Å². The highest BCUT2D eigenvalue weighted by atomic mass is 127. The number of hydrogen-bond acceptors (Lipinski definition) is 9. The van der Waals surface area contributed by atoms with Gasteiger partial charge in [-0.05, 0) is 54.1 Å². The molecule has 36 heavy (non-hydrogen) atoms. The van der Waals surface area contributed by atoms with Crippen LogP contribution in [-0.2, 0) is 19.1 Å². The number of carbonyl (C=O) groups is 2. The van der Waals surface area contributed by atoms with Gasteiger partial charge in [-0.15, -0.1) is 0 Å². The lowest BCUT2D eigenvalue weighted by atomic mass is 9.64. The van der Waals surface area contributed by atoms with E-state index in [9.17, 15) is 51.3 Å². The number of nitrogens with one attached hydrogen (secondary N) is 1. The van der Waals surface area contributed by atoms with Crippen LogP contribution in [0.4, 0.5) is 26.3 Å². The van der Waals surface area contributed by atoms with E-state index in [0.29, 0.717) is 5.32 Å². The first-order valence-electron chi connectivity index (χ1n) is 10.2. The zero-order valence-electron chi connectivity index (χ0n) is 18.8. The van der Waals surface area contributed by atoms with Gasteiger partial charge in [0.05, 0.1) is 23.9 Å². The van der Waals surface area contributed by atoms with Crippen LogP contribution in [0, 0.1) is 15.4 Å². The standard InChI is InChI=1S/C20H22F6INO8/c1-4-35-15(30)12-11(8-6-9(27)14(29)10(7-8)34-3)13(16(31)36-5-2)18(33,20(24,25)26)28-17(12,32)19(21,22)23/h6-7,11-13,28-29,32-33H,4-5H2,1-3H3/t11?,12-,13+,17+,18-. The smallest absolute Gasteiger partial charge is 0.432 e. The molecule has 0 aliphatic carbocycles. The Morgan fingerprint density at radius 1 is 0.972 bits per heavy atom. The lowest BCUT2D eigenvalue weighted by molar-refractivity contribution is -0.376. The van der Waals surface area contributed by atoms with E-state index in [1.54, 1.807) is 0 Å². The molecule has 9 nitrogen and oxygen atoms in total. The number of rotatable bonds is 6. The third-order valence-electron chi connectivity index (χ3n) is 5.60. The van der Waals surface area contributed by atoms with Crippen molar-refractivity contribution in [3.63, 3.8) is 0 Å². The molecule has 0 spiro atoms. The summed E-state index contributed by atoms with van der Waals surface area (Å²) in [5.74, 6) is -13.1. The maximum atomic E-state index is 14.2. The van der Waals surface area contributed by atoms with E-state index in [2.05, 4.69) is 9.47 Å². The molecule has 5 atom stereocenters. The number of piperidine rings is 1. The summed E-state index contributed by atoms with van der Waals surface area (Å²) in [6.07, 6.45) is -12.0. The third-order valence-corrected chi connectivity index (χ3v) is 6.42. The molecule has 1 aliphatic heterocycles. The summed E-state index contributed by atoms with van der Waals surface area (Å²) in [5.41, 5.74) is -10.1. The summed E-state index contributed by atoms with van der Waals surface area (Å²) in [7, 11) is 1.03. The number of aliphatic hydroxyl groups is 2. The SMILES string of the molecule is CCOC(=O)[C@@H]1C(c2cc(I)c(O)c(OC)c2)[C@H](C(=O)OCC)[C@](O)(C(F)(F)F)N[C@]1(O)C(F)(F)F. The molecular formula is C20H22F6INO8. The molecule has 1 aromatic rings. The molecule has 1 heterocycles. The Morgan fingerprint density at radius 2 is 1.39 bits per heavy atom. The van der Waals surface area contributed by atoms with Crippen LogP contribution < -0.4 is 10.1 Å². The summed E-state index contributed by atoms with van der Waals surface area (Å²) in [4.78, 5) is 25.6.